The highest BCUT2D eigenvalue weighted by atomic mass is 79.9. The molecule has 0 aliphatic rings. The summed E-state index contributed by atoms with van der Waals surface area (Å²) < 4.78 is 5.92. The Kier molecular flexibility index (Phi) is 4.80. The highest BCUT2D eigenvalue weighted by Crippen LogP contribution is 2.27. The fourth-order valence-corrected chi connectivity index (χ4v) is 2.28. The molecule has 3 nitrogen and oxygen atoms in total. The van der Waals surface area contributed by atoms with Gasteiger partial charge < -0.3 is 9.84 Å². The molecule has 1 unspecified atom stereocenters. The second-order valence-electron chi connectivity index (χ2n) is 4.88. The molecule has 0 spiro atoms. The number of aliphatic hydroxyl groups is 1. The summed E-state index contributed by atoms with van der Waals surface area (Å²) in [4.78, 5) is 11.8. The van der Waals surface area contributed by atoms with Crippen molar-refractivity contribution in [2.24, 2.45) is 0 Å². The van der Waals surface area contributed by atoms with E-state index >= 15 is 0 Å². The van der Waals surface area contributed by atoms with Crippen LogP contribution >= 0.6 is 15.9 Å². The molecule has 0 aliphatic heterocycles. The molecule has 1 atom stereocenters. The van der Waals surface area contributed by atoms with E-state index in [9.17, 15) is 9.90 Å². The maximum absolute atomic E-state index is 11.8. The van der Waals surface area contributed by atoms with Crippen LogP contribution in [0.3, 0.4) is 0 Å². The second-order valence-corrected chi connectivity index (χ2v) is 5.79. The van der Waals surface area contributed by atoms with E-state index in [2.05, 4.69) is 15.9 Å². The van der Waals surface area contributed by atoms with E-state index in [1.807, 2.05) is 36.4 Å². The van der Waals surface area contributed by atoms with Gasteiger partial charge in [0.1, 0.15) is 0 Å². The van der Waals surface area contributed by atoms with Crippen LogP contribution in [0, 0.1) is 0 Å². The molecule has 4 heteroatoms. The lowest BCUT2D eigenvalue weighted by molar-refractivity contribution is -0.164. The summed E-state index contributed by atoms with van der Waals surface area (Å²) in [6, 6.07) is 15.2. The zero-order chi connectivity index (χ0) is 15.5. The third-order valence-electron chi connectivity index (χ3n) is 3.30. The minimum absolute atomic E-state index is 0.242. The third-order valence-corrected chi connectivity index (χ3v) is 3.83. The first-order chi connectivity index (χ1) is 9.95. The van der Waals surface area contributed by atoms with Crippen LogP contribution in [0.2, 0.25) is 0 Å². The highest BCUT2D eigenvalue weighted by Gasteiger charge is 2.33. The van der Waals surface area contributed by atoms with Crippen LogP contribution in [0.1, 0.15) is 19.4 Å². The van der Waals surface area contributed by atoms with Gasteiger partial charge in [-0.15, -0.1) is 0 Å². The molecule has 0 radical (unpaired) electrons. The predicted octanol–water partition coefficient (Wildman–Crippen LogP) is 3.89. The second kappa shape index (κ2) is 6.41. The van der Waals surface area contributed by atoms with Crippen LogP contribution in [0.5, 0.6) is 0 Å². The fourth-order valence-electron chi connectivity index (χ4n) is 2.02. The van der Waals surface area contributed by atoms with Crippen LogP contribution < -0.4 is 0 Å². The SMILES string of the molecule is CCOC(=O)C(C)(O)c1ccc(-c2ccc(Br)cc2)cc1. The van der Waals surface area contributed by atoms with Crippen LogP contribution in [-0.2, 0) is 15.1 Å². The number of hydrogen-bond acceptors (Lipinski definition) is 3. The first-order valence-corrected chi connectivity index (χ1v) is 7.50. The normalized spacial score (nSPS) is 13.5. The highest BCUT2D eigenvalue weighted by molar-refractivity contribution is 9.10. The Balaban J connectivity index is 2.26. The minimum Gasteiger partial charge on any atom is -0.464 e. The average Bonchev–Trinajstić information content (AvgIpc) is 2.48. The molecule has 0 aromatic heterocycles. The lowest BCUT2D eigenvalue weighted by Crippen LogP contribution is -2.34. The van der Waals surface area contributed by atoms with E-state index in [0.717, 1.165) is 15.6 Å². The Hall–Kier alpha value is -1.65. The van der Waals surface area contributed by atoms with Gasteiger partial charge in [0.15, 0.2) is 5.60 Å². The number of benzene rings is 2. The summed E-state index contributed by atoms with van der Waals surface area (Å²) in [6.07, 6.45) is 0. The van der Waals surface area contributed by atoms with Gasteiger partial charge in [-0.25, -0.2) is 4.79 Å². The van der Waals surface area contributed by atoms with Gasteiger partial charge in [-0.2, -0.15) is 0 Å². The fraction of sp³-hybridized carbons (Fsp3) is 0.235. The van der Waals surface area contributed by atoms with Gasteiger partial charge >= 0.3 is 5.97 Å². The van der Waals surface area contributed by atoms with E-state index in [0.29, 0.717) is 5.56 Å². The molecule has 0 amide bonds. The van der Waals surface area contributed by atoms with Crippen molar-refractivity contribution < 1.29 is 14.6 Å². The van der Waals surface area contributed by atoms with Gasteiger partial charge in [0.2, 0.25) is 0 Å². The summed E-state index contributed by atoms with van der Waals surface area (Å²) in [5, 5.41) is 10.3. The quantitative estimate of drug-likeness (QED) is 0.852. The molecule has 1 N–H and O–H groups in total. The van der Waals surface area contributed by atoms with Crippen molar-refractivity contribution in [3.05, 3.63) is 58.6 Å². The van der Waals surface area contributed by atoms with Crippen molar-refractivity contribution >= 4 is 21.9 Å². The van der Waals surface area contributed by atoms with E-state index in [-0.39, 0.29) is 6.61 Å². The van der Waals surface area contributed by atoms with Crippen LogP contribution in [0.15, 0.2) is 53.0 Å². The Labute approximate surface area is 132 Å². The van der Waals surface area contributed by atoms with Gasteiger partial charge in [-0.3, -0.25) is 0 Å². The molecular weight excluding hydrogens is 332 g/mol. The van der Waals surface area contributed by atoms with Crippen LogP contribution in [0.25, 0.3) is 11.1 Å². The third kappa shape index (κ3) is 3.52. The lowest BCUT2D eigenvalue weighted by atomic mass is 9.94. The molecule has 0 heterocycles. The standard InChI is InChI=1S/C17H17BrO3/c1-3-21-16(19)17(2,20)14-8-4-12(5-9-14)13-6-10-15(18)11-7-13/h4-11,20H,3H2,1-2H3. The molecule has 110 valence electrons. The predicted molar refractivity (Wildman–Crippen MR) is 85.8 cm³/mol. The molecule has 21 heavy (non-hydrogen) atoms. The summed E-state index contributed by atoms with van der Waals surface area (Å²) in [6.45, 7) is 3.40. The molecule has 2 aromatic carbocycles. The molecule has 0 saturated heterocycles. The Bertz CT molecular complexity index is 615. The van der Waals surface area contributed by atoms with Crippen molar-refractivity contribution in [1.82, 2.24) is 0 Å². The number of carbonyl (C=O) groups is 1. The topological polar surface area (TPSA) is 46.5 Å². The Morgan fingerprint density at radius 2 is 1.57 bits per heavy atom. The number of ether oxygens (including phenoxy) is 1. The summed E-state index contributed by atoms with van der Waals surface area (Å²) in [5.74, 6) is -0.638. The molecule has 0 bridgehead atoms. The van der Waals surface area contributed by atoms with Crippen molar-refractivity contribution in [1.29, 1.82) is 0 Å². The van der Waals surface area contributed by atoms with Crippen LogP contribution in [0.4, 0.5) is 0 Å². The molecule has 0 aliphatic carbocycles. The lowest BCUT2D eigenvalue weighted by Gasteiger charge is -2.21. The van der Waals surface area contributed by atoms with E-state index < -0.39 is 11.6 Å². The first kappa shape index (κ1) is 15.7. The van der Waals surface area contributed by atoms with E-state index in [1.54, 1.807) is 19.1 Å². The van der Waals surface area contributed by atoms with Gasteiger partial charge in [-0.05, 0) is 42.7 Å². The van der Waals surface area contributed by atoms with E-state index in [1.165, 1.54) is 6.92 Å². The number of rotatable bonds is 4. The first-order valence-electron chi connectivity index (χ1n) is 6.71. The van der Waals surface area contributed by atoms with Crippen molar-refractivity contribution in [3.8, 4) is 11.1 Å². The number of esters is 1. The zero-order valence-corrected chi connectivity index (χ0v) is 13.6. The van der Waals surface area contributed by atoms with Gasteiger partial charge in [0, 0.05) is 4.47 Å². The monoisotopic (exact) mass is 348 g/mol. The van der Waals surface area contributed by atoms with Crippen LogP contribution in [-0.4, -0.2) is 17.7 Å². The van der Waals surface area contributed by atoms with Crippen molar-refractivity contribution in [2.75, 3.05) is 6.61 Å². The Morgan fingerprint density at radius 1 is 1.10 bits per heavy atom. The Morgan fingerprint density at radius 3 is 2.05 bits per heavy atom. The minimum atomic E-state index is -1.63. The van der Waals surface area contributed by atoms with Crippen molar-refractivity contribution in [3.63, 3.8) is 0 Å². The average molecular weight is 349 g/mol. The van der Waals surface area contributed by atoms with E-state index in [4.69, 9.17) is 4.74 Å². The molecule has 2 aromatic rings. The van der Waals surface area contributed by atoms with Crippen molar-refractivity contribution in [2.45, 2.75) is 19.4 Å². The number of hydrogen-bond donors (Lipinski definition) is 1. The van der Waals surface area contributed by atoms with Gasteiger partial charge in [0.05, 0.1) is 6.61 Å². The number of carbonyl (C=O) groups excluding carboxylic acids is 1. The van der Waals surface area contributed by atoms with Gasteiger partial charge in [-0.1, -0.05) is 52.3 Å². The number of halogens is 1. The van der Waals surface area contributed by atoms with Gasteiger partial charge in [0.25, 0.3) is 0 Å². The zero-order valence-electron chi connectivity index (χ0n) is 12.0. The maximum atomic E-state index is 11.8. The smallest absolute Gasteiger partial charge is 0.342 e. The summed E-state index contributed by atoms with van der Waals surface area (Å²) >= 11 is 3.40. The molecular formula is C17H17BrO3. The molecule has 0 fully saturated rings. The summed E-state index contributed by atoms with van der Waals surface area (Å²) in [5.41, 5.74) is 0.974. The summed E-state index contributed by atoms with van der Waals surface area (Å²) in [7, 11) is 0. The molecule has 0 saturated carbocycles. The largest absolute Gasteiger partial charge is 0.464 e. The molecule has 2 rings (SSSR count). The maximum Gasteiger partial charge on any atom is 0.342 e.